The van der Waals surface area contributed by atoms with E-state index in [1.165, 1.54) is 11.8 Å². The second-order valence-electron chi connectivity index (χ2n) is 6.06. The van der Waals surface area contributed by atoms with Crippen LogP contribution in [-0.2, 0) is 6.54 Å². The number of nitrogens with zero attached hydrogens (tertiary/aromatic N) is 4. The van der Waals surface area contributed by atoms with E-state index < -0.39 is 0 Å². The van der Waals surface area contributed by atoms with Gasteiger partial charge in [0.1, 0.15) is 10.8 Å². The molecule has 0 spiro atoms. The normalized spacial score (nSPS) is 10.7. The molecule has 4 aromatic rings. The van der Waals surface area contributed by atoms with Crippen LogP contribution in [-0.4, -0.2) is 25.7 Å². The fourth-order valence-electron chi connectivity index (χ4n) is 2.65. The molecular weight excluding hydrogens is 406 g/mol. The first kappa shape index (κ1) is 19.2. The molecule has 1 N–H and O–H groups in total. The van der Waals surface area contributed by atoms with E-state index in [0.717, 1.165) is 10.6 Å². The molecule has 144 valence electrons. The van der Waals surface area contributed by atoms with E-state index in [2.05, 4.69) is 20.4 Å². The highest BCUT2D eigenvalue weighted by Gasteiger charge is 2.16. The molecule has 0 aliphatic carbocycles. The number of carbonyl (C=O) groups is 1. The number of anilines is 1. The zero-order chi connectivity index (χ0) is 20.1. The molecule has 6 nitrogen and oxygen atoms in total. The first-order valence-corrected chi connectivity index (χ1v) is 10.00. The van der Waals surface area contributed by atoms with Gasteiger partial charge in [0.2, 0.25) is 0 Å². The van der Waals surface area contributed by atoms with Crippen molar-refractivity contribution >= 4 is 35.1 Å². The van der Waals surface area contributed by atoms with Crippen LogP contribution in [0, 0.1) is 0 Å². The number of hydrogen-bond donors (Lipinski definition) is 1. The summed E-state index contributed by atoms with van der Waals surface area (Å²) in [4.78, 5) is 22.6. The Bertz CT molecular complexity index is 1120. The van der Waals surface area contributed by atoms with E-state index in [4.69, 9.17) is 11.6 Å². The van der Waals surface area contributed by atoms with Crippen molar-refractivity contribution in [1.82, 2.24) is 19.7 Å². The van der Waals surface area contributed by atoms with Crippen LogP contribution in [0.2, 0.25) is 5.02 Å². The van der Waals surface area contributed by atoms with Gasteiger partial charge in [0.15, 0.2) is 0 Å². The molecule has 1 aromatic carbocycles. The van der Waals surface area contributed by atoms with E-state index >= 15 is 0 Å². The number of nitrogens with one attached hydrogen (secondary N) is 1. The van der Waals surface area contributed by atoms with Gasteiger partial charge in [-0.1, -0.05) is 29.4 Å². The summed E-state index contributed by atoms with van der Waals surface area (Å²) in [6.07, 6.45) is 5.04. The van der Waals surface area contributed by atoms with Crippen LogP contribution >= 0.6 is 23.4 Å². The summed E-state index contributed by atoms with van der Waals surface area (Å²) in [5.41, 5.74) is 1.34. The molecule has 8 heteroatoms. The van der Waals surface area contributed by atoms with Crippen molar-refractivity contribution in [2.24, 2.45) is 0 Å². The molecule has 29 heavy (non-hydrogen) atoms. The van der Waals surface area contributed by atoms with E-state index in [-0.39, 0.29) is 5.91 Å². The minimum absolute atomic E-state index is 0.252. The third-order valence-electron chi connectivity index (χ3n) is 4.04. The first-order valence-electron chi connectivity index (χ1n) is 8.80. The number of pyridine rings is 2. The number of halogens is 1. The lowest BCUT2D eigenvalue weighted by molar-refractivity contribution is 0.102. The lowest BCUT2D eigenvalue weighted by atomic mass is 10.2. The summed E-state index contributed by atoms with van der Waals surface area (Å²) >= 11 is 7.35. The second kappa shape index (κ2) is 8.89. The zero-order valence-corrected chi connectivity index (χ0v) is 16.8. The molecule has 3 heterocycles. The van der Waals surface area contributed by atoms with Gasteiger partial charge >= 0.3 is 0 Å². The average Bonchev–Trinajstić information content (AvgIpc) is 3.17. The van der Waals surface area contributed by atoms with Gasteiger partial charge in [-0.3, -0.25) is 9.78 Å². The highest BCUT2D eigenvalue weighted by atomic mass is 35.5. The SMILES string of the molecule is O=C(Nc1ccnn1Cc1ccccn1)c1cccnc1Sc1ccc(Cl)cc1. The Morgan fingerprint density at radius 3 is 2.59 bits per heavy atom. The summed E-state index contributed by atoms with van der Waals surface area (Å²) in [6.45, 7) is 0.461. The second-order valence-corrected chi connectivity index (χ2v) is 7.56. The monoisotopic (exact) mass is 421 g/mol. The number of rotatable bonds is 6. The quantitative estimate of drug-likeness (QED) is 0.485. The van der Waals surface area contributed by atoms with Gasteiger partial charge in [0.25, 0.3) is 5.91 Å². The molecule has 3 aromatic heterocycles. The van der Waals surface area contributed by atoms with Crippen LogP contribution in [0.4, 0.5) is 5.82 Å². The van der Waals surface area contributed by atoms with Crippen LogP contribution in [0.3, 0.4) is 0 Å². The van der Waals surface area contributed by atoms with Crippen molar-refractivity contribution in [2.75, 3.05) is 5.32 Å². The highest BCUT2D eigenvalue weighted by molar-refractivity contribution is 7.99. The molecule has 0 unspecified atom stereocenters. The van der Waals surface area contributed by atoms with Crippen LogP contribution in [0.15, 0.2) is 89.2 Å². The third-order valence-corrected chi connectivity index (χ3v) is 5.32. The molecule has 0 radical (unpaired) electrons. The Hall–Kier alpha value is -3.16. The maximum absolute atomic E-state index is 12.9. The van der Waals surface area contributed by atoms with Crippen molar-refractivity contribution < 1.29 is 4.79 Å². The Morgan fingerprint density at radius 2 is 1.79 bits per heavy atom. The first-order chi connectivity index (χ1) is 14.2. The van der Waals surface area contributed by atoms with Gasteiger partial charge in [0, 0.05) is 28.4 Å². The molecule has 0 fully saturated rings. The lowest BCUT2D eigenvalue weighted by Crippen LogP contribution is -2.17. The fourth-order valence-corrected chi connectivity index (χ4v) is 3.66. The third kappa shape index (κ3) is 4.82. The molecule has 1 amide bonds. The fraction of sp³-hybridized carbons (Fsp3) is 0.0476. The molecule has 0 atom stereocenters. The van der Waals surface area contributed by atoms with Gasteiger partial charge < -0.3 is 5.32 Å². The molecular formula is C21H16ClN5OS. The predicted octanol–water partition coefficient (Wildman–Crippen LogP) is 4.78. The smallest absolute Gasteiger partial charge is 0.259 e. The van der Waals surface area contributed by atoms with E-state index in [1.54, 1.807) is 41.5 Å². The van der Waals surface area contributed by atoms with Gasteiger partial charge in [-0.15, -0.1) is 0 Å². The minimum atomic E-state index is -0.252. The van der Waals surface area contributed by atoms with Crippen molar-refractivity contribution in [1.29, 1.82) is 0 Å². The van der Waals surface area contributed by atoms with E-state index in [9.17, 15) is 4.79 Å². The van der Waals surface area contributed by atoms with Crippen LogP contribution in [0.25, 0.3) is 0 Å². The average molecular weight is 422 g/mol. The Kier molecular flexibility index (Phi) is 5.88. The van der Waals surface area contributed by atoms with Crippen molar-refractivity contribution in [2.45, 2.75) is 16.5 Å². The summed E-state index contributed by atoms with van der Waals surface area (Å²) in [5, 5.41) is 8.48. The summed E-state index contributed by atoms with van der Waals surface area (Å²) in [5.74, 6) is 0.337. The molecule has 4 rings (SSSR count). The molecule has 0 bridgehead atoms. The van der Waals surface area contributed by atoms with Gasteiger partial charge in [0.05, 0.1) is 24.0 Å². The van der Waals surface area contributed by atoms with Crippen LogP contribution < -0.4 is 5.32 Å². The van der Waals surface area contributed by atoms with Gasteiger partial charge in [-0.05, 0) is 48.5 Å². The lowest BCUT2D eigenvalue weighted by Gasteiger charge is -2.11. The standard InChI is InChI=1S/C21H16ClN5OS/c22-15-6-8-17(9-7-15)29-21-18(5-3-12-24-21)20(28)26-19-10-13-25-27(19)14-16-4-1-2-11-23-16/h1-13H,14H2,(H,26,28). The number of hydrogen-bond acceptors (Lipinski definition) is 5. The summed E-state index contributed by atoms with van der Waals surface area (Å²) < 4.78 is 1.70. The van der Waals surface area contributed by atoms with Crippen LogP contribution in [0.1, 0.15) is 16.1 Å². The molecule has 0 saturated carbocycles. The van der Waals surface area contributed by atoms with Gasteiger partial charge in [-0.2, -0.15) is 5.10 Å². The number of amides is 1. The highest BCUT2D eigenvalue weighted by Crippen LogP contribution is 2.30. The van der Waals surface area contributed by atoms with Crippen molar-refractivity contribution in [3.8, 4) is 0 Å². The number of carbonyl (C=O) groups excluding carboxylic acids is 1. The van der Waals surface area contributed by atoms with Crippen molar-refractivity contribution in [3.63, 3.8) is 0 Å². The molecule has 0 aliphatic heterocycles. The summed E-state index contributed by atoms with van der Waals surface area (Å²) in [7, 11) is 0. The summed E-state index contributed by atoms with van der Waals surface area (Å²) in [6, 6.07) is 18.3. The minimum Gasteiger partial charge on any atom is -0.307 e. The maximum atomic E-state index is 12.9. The van der Waals surface area contributed by atoms with Crippen LogP contribution in [0.5, 0.6) is 0 Å². The zero-order valence-electron chi connectivity index (χ0n) is 15.2. The number of aromatic nitrogens is 4. The van der Waals surface area contributed by atoms with Gasteiger partial charge in [-0.25, -0.2) is 9.67 Å². The maximum Gasteiger partial charge on any atom is 0.259 e. The van der Waals surface area contributed by atoms with E-state index in [1.807, 2.05) is 42.5 Å². The largest absolute Gasteiger partial charge is 0.307 e. The Labute approximate surface area is 177 Å². The molecule has 0 aliphatic rings. The van der Waals surface area contributed by atoms with Crippen molar-refractivity contribution in [3.05, 3.63) is 95.5 Å². The molecule has 0 saturated heterocycles. The van der Waals surface area contributed by atoms with E-state index in [0.29, 0.717) is 28.0 Å². The Morgan fingerprint density at radius 1 is 0.966 bits per heavy atom. The Balaban J connectivity index is 1.53. The predicted molar refractivity (Wildman–Crippen MR) is 113 cm³/mol. The number of benzene rings is 1. The topological polar surface area (TPSA) is 72.7 Å².